The number of pyridine rings is 1. The standard InChI is InChI=1S/C20H32N4O2/c1-15(2)23-10-12-24(13-11-23)20(25)16-4-6-17(7-5-16)22-18-8-9-19(26-3)21-14-18/h8-9,14-17,22H,4-7,10-13H2,1-3H3/t16-,17+. The quantitative estimate of drug-likeness (QED) is 0.875. The van der Waals surface area contributed by atoms with Gasteiger partial charge in [-0.15, -0.1) is 0 Å². The molecule has 26 heavy (non-hydrogen) atoms. The Labute approximate surface area is 156 Å². The molecule has 0 aromatic carbocycles. The summed E-state index contributed by atoms with van der Waals surface area (Å²) in [4.78, 5) is 21.6. The third-order valence-electron chi connectivity index (χ3n) is 5.75. The van der Waals surface area contributed by atoms with E-state index in [1.807, 2.05) is 18.3 Å². The van der Waals surface area contributed by atoms with Gasteiger partial charge < -0.3 is 15.0 Å². The Balaban J connectivity index is 1.43. The van der Waals surface area contributed by atoms with Gasteiger partial charge in [0.05, 0.1) is 19.0 Å². The van der Waals surface area contributed by atoms with E-state index < -0.39 is 0 Å². The maximum absolute atomic E-state index is 12.8. The molecule has 1 saturated heterocycles. The summed E-state index contributed by atoms with van der Waals surface area (Å²) in [6, 6.07) is 4.86. The van der Waals surface area contributed by atoms with Crippen molar-refractivity contribution in [3.63, 3.8) is 0 Å². The summed E-state index contributed by atoms with van der Waals surface area (Å²) < 4.78 is 5.09. The maximum atomic E-state index is 12.8. The fraction of sp³-hybridized carbons (Fsp3) is 0.700. The molecule has 1 aromatic rings. The number of hydrogen-bond acceptors (Lipinski definition) is 5. The lowest BCUT2D eigenvalue weighted by atomic mass is 9.85. The normalized spacial score (nSPS) is 24.5. The molecule has 1 saturated carbocycles. The molecule has 1 aliphatic heterocycles. The van der Waals surface area contributed by atoms with Crippen LogP contribution in [0.1, 0.15) is 39.5 Å². The van der Waals surface area contributed by atoms with Crippen molar-refractivity contribution in [3.05, 3.63) is 18.3 Å². The van der Waals surface area contributed by atoms with Crippen LogP contribution in [-0.2, 0) is 4.79 Å². The van der Waals surface area contributed by atoms with Crippen molar-refractivity contribution in [2.75, 3.05) is 38.6 Å². The number of piperazine rings is 1. The van der Waals surface area contributed by atoms with Crippen molar-refractivity contribution in [3.8, 4) is 5.88 Å². The number of aromatic nitrogens is 1. The molecule has 0 spiro atoms. The van der Waals surface area contributed by atoms with E-state index in [9.17, 15) is 4.79 Å². The lowest BCUT2D eigenvalue weighted by molar-refractivity contribution is -0.138. The summed E-state index contributed by atoms with van der Waals surface area (Å²) in [6.07, 6.45) is 5.84. The summed E-state index contributed by atoms with van der Waals surface area (Å²) >= 11 is 0. The largest absolute Gasteiger partial charge is 0.481 e. The number of anilines is 1. The van der Waals surface area contributed by atoms with E-state index in [4.69, 9.17) is 4.74 Å². The van der Waals surface area contributed by atoms with Crippen LogP contribution in [0.15, 0.2) is 18.3 Å². The lowest BCUT2D eigenvalue weighted by Gasteiger charge is -2.39. The molecule has 6 nitrogen and oxygen atoms in total. The lowest BCUT2D eigenvalue weighted by Crippen LogP contribution is -2.52. The molecule has 6 heteroatoms. The molecule has 0 atom stereocenters. The van der Waals surface area contributed by atoms with E-state index in [0.29, 0.717) is 23.9 Å². The van der Waals surface area contributed by atoms with Crippen LogP contribution in [0.2, 0.25) is 0 Å². The van der Waals surface area contributed by atoms with E-state index in [1.165, 1.54) is 0 Å². The van der Waals surface area contributed by atoms with Crippen molar-refractivity contribution < 1.29 is 9.53 Å². The molecule has 0 bridgehead atoms. The highest BCUT2D eigenvalue weighted by molar-refractivity contribution is 5.79. The van der Waals surface area contributed by atoms with Crippen LogP contribution in [0.25, 0.3) is 0 Å². The number of hydrogen-bond donors (Lipinski definition) is 1. The Morgan fingerprint density at radius 3 is 2.38 bits per heavy atom. The minimum atomic E-state index is 0.202. The second kappa shape index (κ2) is 8.71. The zero-order valence-corrected chi connectivity index (χ0v) is 16.3. The average Bonchev–Trinajstić information content (AvgIpc) is 2.69. The number of nitrogens with zero attached hydrogens (tertiary/aromatic N) is 3. The number of amides is 1. The zero-order valence-electron chi connectivity index (χ0n) is 16.3. The highest BCUT2D eigenvalue weighted by atomic mass is 16.5. The fourth-order valence-electron chi connectivity index (χ4n) is 4.02. The minimum Gasteiger partial charge on any atom is -0.481 e. The summed E-state index contributed by atoms with van der Waals surface area (Å²) in [5.41, 5.74) is 1.02. The van der Waals surface area contributed by atoms with E-state index in [1.54, 1.807) is 7.11 Å². The average molecular weight is 361 g/mol. The van der Waals surface area contributed by atoms with Crippen LogP contribution in [0.3, 0.4) is 0 Å². The summed E-state index contributed by atoms with van der Waals surface area (Å²) in [7, 11) is 1.62. The molecule has 3 rings (SSSR count). The third kappa shape index (κ3) is 4.67. The minimum absolute atomic E-state index is 0.202. The number of methoxy groups -OCH3 is 1. The van der Waals surface area contributed by atoms with E-state index in [0.717, 1.165) is 57.5 Å². The Kier molecular flexibility index (Phi) is 6.35. The number of ether oxygens (including phenoxy) is 1. The summed E-state index contributed by atoms with van der Waals surface area (Å²) in [6.45, 7) is 8.23. The molecular formula is C20H32N4O2. The highest BCUT2D eigenvalue weighted by Crippen LogP contribution is 2.28. The van der Waals surface area contributed by atoms with Crippen LogP contribution in [0.5, 0.6) is 5.88 Å². The van der Waals surface area contributed by atoms with Crippen LogP contribution < -0.4 is 10.1 Å². The Morgan fingerprint density at radius 2 is 1.85 bits per heavy atom. The van der Waals surface area contributed by atoms with Crippen molar-refractivity contribution in [1.29, 1.82) is 0 Å². The van der Waals surface area contributed by atoms with E-state index in [2.05, 4.69) is 33.9 Å². The van der Waals surface area contributed by atoms with Crippen LogP contribution in [-0.4, -0.2) is 66.1 Å². The van der Waals surface area contributed by atoms with Gasteiger partial charge in [0.1, 0.15) is 0 Å². The predicted octanol–water partition coefficient (Wildman–Crippen LogP) is 2.61. The van der Waals surface area contributed by atoms with Gasteiger partial charge in [0, 0.05) is 50.2 Å². The predicted molar refractivity (Wildman–Crippen MR) is 103 cm³/mol. The topological polar surface area (TPSA) is 57.7 Å². The number of carbonyl (C=O) groups excluding carboxylic acids is 1. The first-order chi connectivity index (χ1) is 12.6. The molecule has 2 heterocycles. The molecule has 1 aliphatic carbocycles. The van der Waals surface area contributed by atoms with E-state index in [-0.39, 0.29) is 5.92 Å². The van der Waals surface area contributed by atoms with Gasteiger partial charge in [-0.3, -0.25) is 9.69 Å². The van der Waals surface area contributed by atoms with Crippen molar-refractivity contribution in [1.82, 2.24) is 14.8 Å². The Morgan fingerprint density at radius 1 is 1.15 bits per heavy atom. The SMILES string of the molecule is COc1ccc(N[C@H]2CC[C@@H](C(=O)N3CCN(C(C)C)CC3)CC2)cn1. The molecule has 2 aliphatic rings. The smallest absolute Gasteiger partial charge is 0.225 e. The molecule has 1 amide bonds. The summed E-state index contributed by atoms with van der Waals surface area (Å²) in [5, 5.41) is 3.54. The highest BCUT2D eigenvalue weighted by Gasteiger charge is 2.31. The van der Waals surface area contributed by atoms with Gasteiger partial charge in [-0.1, -0.05) is 0 Å². The van der Waals surface area contributed by atoms with Crippen LogP contribution >= 0.6 is 0 Å². The second-order valence-electron chi connectivity index (χ2n) is 7.74. The van der Waals surface area contributed by atoms with Gasteiger partial charge in [0.2, 0.25) is 11.8 Å². The van der Waals surface area contributed by atoms with Gasteiger partial charge in [-0.2, -0.15) is 0 Å². The van der Waals surface area contributed by atoms with Gasteiger partial charge >= 0.3 is 0 Å². The molecular weight excluding hydrogens is 328 g/mol. The first-order valence-electron chi connectivity index (χ1n) is 9.86. The first kappa shape index (κ1) is 19.0. The van der Waals surface area contributed by atoms with Crippen LogP contribution in [0.4, 0.5) is 5.69 Å². The molecule has 1 aromatic heterocycles. The Hall–Kier alpha value is -1.82. The number of carbonyl (C=O) groups is 1. The summed E-state index contributed by atoms with van der Waals surface area (Å²) in [5.74, 6) is 1.20. The van der Waals surface area contributed by atoms with Crippen molar-refractivity contribution in [2.45, 2.75) is 51.6 Å². The van der Waals surface area contributed by atoms with Crippen LogP contribution in [0, 0.1) is 5.92 Å². The van der Waals surface area contributed by atoms with Gasteiger partial charge in [-0.05, 0) is 45.6 Å². The molecule has 2 fully saturated rings. The van der Waals surface area contributed by atoms with Gasteiger partial charge in [0.25, 0.3) is 0 Å². The second-order valence-corrected chi connectivity index (χ2v) is 7.74. The molecule has 0 unspecified atom stereocenters. The first-order valence-corrected chi connectivity index (χ1v) is 9.86. The van der Waals surface area contributed by atoms with E-state index >= 15 is 0 Å². The zero-order chi connectivity index (χ0) is 18.5. The fourth-order valence-corrected chi connectivity index (χ4v) is 4.02. The maximum Gasteiger partial charge on any atom is 0.225 e. The van der Waals surface area contributed by atoms with Crippen molar-refractivity contribution >= 4 is 11.6 Å². The number of nitrogens with one attached hydrogen (secondary N) is 1. The van der Waals surface area contributed by atoms with Gasteiger partial charge in [0.15, 0.2) is 0 Å². The third-order valence-corrected chi connectivity index (χ3v) is 5.75. The monoisotopic (exact) mass is 360 g/mol. The Bertz CT molecular complexity index is 574. The van der Waals surface area contributed by atoms with Gasteiger partial charge in [-0.25, -0.2) is 4.98 Å². The van der Waals surface area contributed by atoms with Crippen molar-refractivity contribution in [2.24, 2.45) is 5.92 Å². The molecule has 0 radical (unpaired) electrons. The number of rotatable bonds is 5. The molecule has 144 valence electrons. The molecule has 1 N–H and O–H groups in total.